The minimum atomic E-state index is -2.41. The van der Waals surface area contributed by atoms with Crippen LogP contribution in [0.3, 0.4) is 0 Å². The molecule has 1 saturated heterocycles. The van der Waals surface area contributed by atoms with E-state index < -0.39 is 37.6 Å². The van der Waals surface area contributed by atoms with Crippen molar-refractivity contribution in [2.45, 2.75) is 128 Å². The minimum Gasteiger partial charge on any atom is -0.506 e. The number of carbonyl (C=O) groups is 3. The Morgan fingerprint density at radius 3 is 2.40 bits per heavy atom. The van der Waals surface area contributed by atoms with Crippen LogP contribution in [0.15, 0.2) is 77.6 Å². The first-order valence-electron chi connectivity index (χ1n) is 23.3. The third kappa shape index (κ3) is 12.6. The van der Waals surface area contributed by atoms with E-state index in [2.05, 4.69) is 49.5 Å². The highest BCUT2D eigenvalue weighted by Crippen LogP contribution is 2.42. The van der Waals surface area contributed by atoms with Crippen LogP contribution in [0.5, 0.6) is 11.5 Å². The molecule has 2 aliphatic rings. The Kier molecular flexibility index (Phi) is 15.9. The fourth-order valence-electron chi connectivity index (χ4n) is 8.37. The van der Waals surface area contributed by atoms with Gasteiger partial charge in [-0.2, -0.15) is 0 Å². The van der Waals surface area contributed by atoms with Gasteiger partial charge in [0.05, 0.1) is 31.4 Å². The molecule has 2 amide bonds. The van der Waals surface area contributed by atoms with Gasteiger partial charge in [-0.1, -0.05) is 70.0 Å². The summed E-state index contributed by atoms with van der Waals surface area (Å²) in [6.45, 7) is 19.6. The van der Waals surface area contributed by atoms with Crippen LogP contribution >= 0.6 is 0 Å². The molecule has 1 fully saturated rings. The lowest BCUT2D eigenvalue weighted by molar-refractivity contribution is -0.153. The van der Waals surface area contributed by atoms with E-state index in [9.17, 15) is 24.3 Å². The number of H-pyrrole nitrogens is 1. The highest BCUT2D eigenvalue weighted by molar-refractivity contribution is 6.74. The zero-order chi connectivity index (χ0) is 47.0. The maximum atomic E-state index is 13.9. The molecule has 2 atom stereocenters. The number of phenols is 1. The number of aromatic nitrogens is 1. The van der Waals surface area contributed by atoms with Crippen LogP contribution in [0.25, 0.3) is 10.9 Å². The van der Waals surface area contributed by atoms with E-state index in [1.165, 1.54) is 6.07 Å². The van der Waals surface area contributed by atoms with E-state index in [-0.39, 0.29) is 28.8 Å². The molecule has 0 saturated carbocycles. The Labute approximate surface area is 385 Å². The van der Waals surface area contributed by atoms with Gasteiger partial charge in [-0.3, -0.25) is 9.59 Å². The number of aryl methyl sites for hydroxylation is 1. The lowest BCUT2D eigenvalue weighted by Crippen LogP contribution is -2.51. The second kappa shape index (κ2) is 21.0. The molecular weight excluding hydrogens is 841 g/mol. The molecule has 352 valence electrons. The molecule has 2 heterocycles. The summed E-state index contributed by atoms with van der Waals surface area (Å²) in [6, 6.07) is 21.3. The summed E-state index contributed by atoms with van der Waals surface area (Å²) >= 11 is 0. The Morgan fingerprint density at radius 1 is 0.923 bits per heavy atom. The number of amides is 2. The number of ether oxygens (including phenoxy) is 3. The van der Waals surface area contributed by atoms with Gasteiger partial charge >= 0.3 is 12.1 Å². The van der Waals surface area contributed by atoms with Crippen molar-refractivity contribution in [3.05, 3.63) is 105 Å². The van der Waals surface area contributed by atoms with Gasteiger partial charge in [0.25, 0.3) is 5.91 Å². The Hall–Kier alpha value is -5.18. The van der Waals surface area contributed by atoms with Gasteiger partial charge < -0.3 is 44.3 Å². The van der Waals surface area contributed by atoms with Gasteiger partial charge in [0.2, 0.25) is 5.56 Å². The first-order chi connectivity index (χ1) is 30.8. The lowest BCUT2D eigenvalue weighted by Gasteiger charge is -2.41. The molecule has 6 rings (SSSR count). The van der Waals surface area contributed by atoms with Crippen molar-refractivity contribution in [2.24, 2.45) is 5.92 Å². The Balaban J connectivity index is 1.07. The number of hydrogen-bond acceptors (Lipinski definition) is 10. The SMILES string of the molecule is CC(C)(C)OC(=O)N(CCCCCCOc1cccc(C(=O)NC2(C(=O)OCC3CCNCC3)CCc3ccccc32)c1)CC(O[Si](C)(C)C(C)(C)C)c1ccc(O)c2[nH]c(=O)ccc12. The quantitative estimate of drug-likeness (QED) is 0.0429. The Morgan fingerprint density at radius 2 is 1.66 bits per heavy atom. The minimum absolute atomic E-state index is 0.0420. The standard InChI is InChI=1S/C51H70N4O9Si/c1-49(2,3)63-48(60)55(33-43(64-65(7,8)50(4,5)6)39-20-22-42(56)45-40(39)21-23-44(57)53-45)30-13-9-10-14-31-61-38-18-15-17-37(32-38)46(58)54-51(27-24-36-16-11-12-19-41(36)51)47(59)62-34-35-25-28-52-29-26-35/h11-12,15-23,32,35,43,52,56H,9-10,13-14,24-31,33-34H2,1-8H3,(H,53,57)(H,54,58). The van der Waals surface area contributed by atoms with E-state index in [1.807, 2.05) is 57.2 Å². The number of phenolic OH excluding ortho intramolecular Hbond substituents is 1. The maximum Gasteiger partial charge on any atom is 0.410 e. The Bertz CT molecular complexity index is 2350. The molecule has 65 heavy (non-hydrogen) atoms. The lowest BCUT2D eigenvalue weighted by atomic mass is 9.91. The number of nitrogens with one attached hydrogen (secondary N) is 3. The molecule has 0 spiro atoms. The van der Waals surface area contributed by atoms with Crippen LogP contribution < -0.4 is 20.9 Å². The van der Waals surface area contributed by atoms with E-state index in [4.69, 9.17) is 18.6 Å². The van der Waals surface area contributed by atoms with Crippen LogP contribution in [0.2, 0.25) is 18.1 Å². The molecular formula is C51H70N4O9Si. The van der Waals surface area contributed by atoms with Crippen LogP contribution in [0.1, 0.15) is 120 Å². The number of aromatic amines is 1. The molecule has 14 heteroatoms. The van der Waals surface area contributed by atoms with Gasteiger partial charge in [0, 0.05) is 23.6 Å². The number of rotatable bonds is 18. The van der Waals surface area contributed by atoms with Crippen molar-refractivity contribution in [3.8, 4) is 11.5 Å². The van der Waals surface area contributed by atoms with E-state index in [0.717, 1.165) is 61.9 Å². The van der Waals surface area contributed by atoms with Crippen LogP contribution in [-0.4, -0.2) is 86.3 Å². The summed E-state index contributed by atoms with van der Waals surface area (Å²) in [4.78, 5) is 58.4. The van der Waals surface area contributed by atoms with Gasteiger partial charge in [0.15, 0.2) is 13.9 Å². The fourth-order valence-corrected chi connectivity index (χ4v) is 9.63. The van der Waals surface area contributed by atoms with Crippen molar-refractivity contribution in [3.63, 3.8) is 0 Å². The van der Waals surface area contributed by atoms with Crippen LogP contribution in [0.4, 0.5) is 4.79 Å². The van der Waals surface area contributed by atoms with Gasteiger partial charge in [-0.05, 0) is 143 Å². The number of hydrogen-bond donors (Lipinski definition) is 4. The summed E-state index contributed by atoms with van der Waals surface area (Å²) in [5.74, 6) is 0.0252. The molecule has 1 aliphatic carbocycles. The normalized spacial score (nSPS) is 17.3. The van der Waals surface area contributed by atoms with Crippen LogP contribution in [-0.2, 0) is 30.7 Å². The molecule has 3 aromatic carbocycles. The van der Waals surface area contributed by atoms with E-state index >= 15 is 0 Å². The molecule has 0 bridgehead atoms. The van der Waals surface area contributed by atoms with Crippen molar-refractivity contribution >= 4 is 37.2 Å². The number of piperidine rings is 1. The molecule has 0 radical (unpaired) electrons. The zero-order valence-electron chi connectivity index (χ0n) is 39.6. The summed E-state index contributed by atoms with van der Waals surface area (Å²) in [7, 11) is -2.41. The molecule has 13 nitrogen and oxygen atoms in total. The van der Waals surface area contributed by atoms with Crippen molar-refractivity contribution < 1.29 is 38.1 Å². The van der Waals surface area contributed by atoms with Crippen molar-refractivity contribution in [2.75, 3.05) is 39.4 Å². The highest BCUT2D eigenvalue weighted by Gasteiger charge is 2.48. The molecule has 1 aromatic heterocycles. The zero-order valence-corrected chi connectivity index (χ0v) is 40.6. The highest BCUT2D eigenvalue weighted by atomic mass is 28.4. The first kappa shape index (κ1) is 49.3. The summed E-state index contributed by atoms with van der Waals surface area (Å²) < 4.78 is 25.0. The smallest absolute Gasteiger partial charge is 0.410 e. The van der Waals surface area contributed by atoms with E-state index in [1.54, 1.807) is 35.2 Å². The predicted molar refractivity (Wildman–Crippen MR) is 256 cm³/mol. The van der Waals surface area contributed by atoms with Crippen molar-refractivity contribution in [1.29, 1.82) is 0 Å². The molecule has 4 aromatic rings. The third-order valence-electron chi connectivity index (χ3n) is 13.1. The molecule has 2 unspecified atom stereocenters. The number of pyridine rings is 1. The average molecular weight is 911 g/mol. The fraction of sp³-hybridized carbons (Fsp3) is 0.529. The first-order valence-corrected chi connectivity index (χ1v) is 26.2. The summed E-state index contributed by atoms with van der Waals surface area (Å²) in [5, 5.41) is 17.7. The van der Waals surface area contributed by atoms with Gasteiger partial charge in [-0.15, -0.1) is 0 Å². The number of unbranched alkanes of at least 4 members (excludes halogenated alkanes) is 3. The van der Waals surface area contributed by atoms with Gasteiger partial charge in [-0.25, -0.2) is 9.59 Å². The molecule has 1 aliphatic heterocycles. The van der Waals surface area contributed by atoms with Gasteiger partial charge in [0.1, 0.15) is 17.1 Å². The maximum absolute atomic E-state index is 13.9. The second-order valence-corrected chi connectivity index (χ2v) is 24.9. The summed E-state index contributed by atoms with van der Waals surface area (Å²) in [5.41, 5.74) is 0.986. The van der Waals surface area contributed by atoms with E-state index in [0.29, 0.717) is 67.2 Å². The average Bonchev–Trinajstić information content (AvgIpc) is 3.63. The number of aromatic hydroxyl groups is 1. The molecule has 4 N–H and O–H groups in total. The monoisotopic (exact) mass is 910 g/mol. The topological polar surface area (TPSA) is 169 Å². The summed E-state index contributed by atoms with van der Waals surface area (Å²) in [6.07, 6.45) is 5.09. The van der Waals surface area contributed by atoms with Crippen LogP contribution in [0, 0.1) is 5.92 Å². The second-order valence-electron chi connectivity index (χ2n) is 20.2. The number of benzene rings is 3. The van der Waals surface area contributed by atoms with Crippen molar-refractivity contribution in [1.82, 2.24) is 20.5 Å². The number of nitrogens with zero attached hydrogens (tertiary/aromatic N) is 1. The predicted octanol–water partition coefficient (Wildman–Crippen LogP) is 9.29. The largest absolute Gasteiger partial charge is 0.506 e. The number of fused-ring (bicyclic) bond motifs is 2. The number of carbonyl (C=O) groups excluding carboxylic acids is 3. The number of esters is 1. The third-order valence-corrected chi connectivity index (χ3v) is 17.5.